The molecule has 0 heterocycles. The maximum Gasteiger partial charge on any atom is 0.102 e. The molecule has 0 spiro atoms. The van der Waals surface area contributed by atoms with E-state index in [0.717, 1.165) is 30.7 Å². The van der Waals surface area contributed by atoms with Crippen molar-refractivity contribution in [1.29, 1.82) is 0 Å². The van der Waals surface area contributed by atoms with Crippen molar-refractivity contribution in [3.8, 4) is 0 Å². The van der Waals surface area contributed by atoms with Crippen molar-refractivity contribution in [3.05, 3.63) is 35.9 Å². The van der Waals surface area contributed by atoms with E-state index in [2.05, 4.69) is 20.8 Å². The van der Waals surface area contributed by atoms with Gasteiger partial charge in [0.2, 0.25) is 0 Å². The molecule has 0 radical (unpaired) electrons. The van der Waals surface area contributed by atoms with Crippen molar-refractivity contribution in [3.63, 3.8) is 0 Å². The summed E-state index contributed by atoms with van der Waals surface area (Å²) in [5.41, 5.74) is 0.220. The van der Waals surface area contributed by atoms with Gasteiger partial charge in [-0.1, -0.05) is 30.3 Å². The Bertz CT molecular complexity index is 345. The van der Waals surface area contributed by atoms with Gasteiger partial charge in [0.25, 0.3) is 0 Å². The number of rotatable bonds is 6. The quantitative estimate of drug-likeness (QED) is 0.613. The Kier molecular flexibility index (Phi) is 12.4. The van der Waals surface area contributed by atoms with Crippen molar-refractivity contribution < 1.29 is 31.9 Å². The molecule has 116 valence electrons. The average Bonchev–Trinajstić information content (AvgIpc) is 2.46. The molecule has 0 aliphatic rings. The van der Waals surface area contributed by atoms with Gasteiger partial charge in [-0.05, 0) is 26.3 Å². The minimum Gasteiger partial charge on any atom is -1.00 e. The second kappa shape index (κ2) is 11.7. The maximum atomic E-state index is 10.1. The first-order valence-electron chi connectivity index (χ1n) is 6.77. The number of aromatic carboxylic acids is 1. The van der Waals surface area contributed by atoms with Crippen LogP contribution in [0.3, 0.4) is 0 Å². The van der Waals surface area contributed by atoms with E-state index in [9.17, 15) is 9.90 Å². The van der Waals surface area contributed by atoms with Gasteiger partial charge < -0.3 is 31.9 Å². The van der Waals surface area contributed by atoms with Gasteiger partial charge in [0, 0.05) is 0 Å². The third-order valence-electron chi connectivity index (χ3n) is 3.60. The highest BCUT2D eigenvalue weighted by molar-refractivity contribution is 5.85. The highest BCUT2D eigenvalue weighted by Crippen LogP contribution is 2.03. The zero-order valence-corrected chi connectivity index (χ0v) is 13.3. The Labute approximate surface area is 128 Å². The van der Waals surface area contributed by atoms with E-state index in [-0.39, 0.29) is 18.0 Å². The van der Waals surface area contributed by atoms with Crippen LogP contribution in [0.25, 0.3) is 0 Å². The molecule has 0 unspecified atom stereocenters. The number of hydrogen-bond donors (Lipinski definition) is 1. The summed E-state index contributed by atoms with van der Waals surface area (Å²) in [5.74, 6) is -1.13. The summed E-state index contributed by atoms with van der Waals surface area (Å²) in [6.45, 7) is 11.2. The smallest absolute Gasteiger partial charge is 0.102 e. The summed E-state index contributed by atoms with van der Waals surface area (Å²) in [6, 6.07) is 8.06. The van der Waals surface area contributed by atoms with Gasteiger partial charge in [0.15, 0.2) is 0 Å². The molecule has 0 fully saturated rings. The first-order valence-corrected chi connectivity index (χ1v) is 6.77. The second-order valence-corrected chi connectivity index (χ2v) is 4.39. The Morgan fingerprint density at radius 3 is 1.75 bits per heavy atom. The second-order valence-electron chi connectivity index (χ2n) is 4.39. The van der Waals surface area contributed by atoms with E-state index in [1.165, 1.54) is 12.1 Å². The fraction of sp³-hybridized carbons (Fsp3) is 0.533. The van der Waals surface area contributed by atoms with Crippen LogP contribution in [-0.4, -0.2) is 48.3 Å². The molecule has 5 heteroatoms. The molecule has 1 aromatic carbocycles. The number of hydrogen-bond acceptors (Lipinski definition) is 3. The zero-order chi connectivity index (χ0) is 14.7. The molecule has 0 amide bonds. The van der Waals surface area contributed by atoms with Crippen LogP contribution in [-0.2, 0) is 0 Å². The molecule has 0 aliphatic carbocycles. The number of quaternary nitrogens is 1. The van der Waals surface area contributed by atoms with E-state index >= 15 is 0 Å². The summed E-state index contributed by atoms with van der Waals surface area (Å²) < 4.78 is 1.05. The van der Waals surface area contributed by atoms with E-state index in [1.807, 2.05) is 0 Å². The van der Waals surface area contributed by atoms with Crippen molar-refractivity contribution >= 4 is 5.97 Å². The highest BCUT2D eigenvalue weighted by Gasteiger charge is 2.18. The molecule has 0 atom stereocenters. The number of aliphatic hydroxyl groups excluding tert-OH is 1. The van der Waals surface area contributed by atoms with E-state index in [0.29, 0.717) is 6.61 Å². The Morgan fingerprint density at radius 1 is 1.10 bits per heavy atom. The molecule has 1 N–H and O–H groups in total. The van der Waals surface area contributed by atoms with Gasteiger partial charge in [-0.2, -0.15) is 0 Å². The van der Waals surface area contributed by atoms with Crippen LogP contribution >= 0.6 is 0 Å². The lowest BCUT2D eigenvalue weighted by molar-refractivity contribution is -0.923. The summed E-state index contributed by atoms with van der Waals surface area (Å²) in [6.07, 6.45) is 0. The maximum absolute atomic E-state index is 10.1. The molecule has 1 aromatic rings. The molecule has 0 aliphatic heterocycles. The van der Waals surface area contributed by atoms with Crippen LogP contribution < -0.4 is 17.5 Å². The fourth-order valence-electron chi connectivity index (χ4n) is 1.93. The van der Waals surface area contributed by atoms with Crippen molar-refractivity contribution in [2.75, 3.05) is 32.8 Å². The largest absolute Gasteiger partial charge is 1.00 e. The number of carbonyl (C=O) groups is 1. The predicted octanol–water partition coefficient (Wildman–Crippen LogP) is -2.09. The minimum atomic E-state index is -1.13. The monoisotopic (exact) mass is 302 g/mol. The van der Waals surface area contributed by atoms with Gasteiger partial charge in [-0.15, -0.1) is 0 Å². The third kappa shape index (κ3) is 7.48. The first-order chi connectivity index (χ1) is 9.05. The van der Waals surface area contributed by atoms with E-state index in [4.69, 9.17) is 5.11 Å². The minimum absolute atomic E-state index is 0. The lowest BCUT2D eigenvalue weighted by atomic mass is 10.2. The van der Waals surface area contributed by atoms with Gasteiger partial charge in [-0.25, -0.2) is 0 Å². The summed E-state index contributed by atoms with van der Waals surface area (Å²) in [7, 11) is 0. The third-order valence-corrected chi connectivity index (χ3v) is 3.60. The molecular weight excluding hydrogens is 278 g/mol. The predicted molar refractivity (Wildman–Crippen MR) is 74.6 cm³/mol. The molecule has 0 bridgehead atoms. The number of benzene rings is 1. The van der Waals surface area contributed by atoms with Gasteiger partial charge >= 0.3 is 0 Å². The van der Waals surface area contributed by atoms with Crippen LogP contribution in [0.2, 0.25) is 0 Å². The number of aliphatic hydroxyl groups is 1. The van der Waals surface area contributed by atoms with Crippen LogP contribution in [0.5, 0.6) is 0 Å². The number of carbonyl (C=O) groups excluding carboxylic acids is 1. The van der Waals surface area contributed by atoms with Gasteiger partial charge in [0.1, 0.15) is 6.54 Å². The zero-order valence-electron chi connectivity index (χ0n) is 12.5. The van der Waals surface area contributed by atoms with E-state index in [1.54, 1.807) is 18.2 Å². The lowest BCUT2D eigenvalue weighted by Crippen LogP contribution is -3.00. The van der Waals surface area contributed by atoms with Crippen LogP contribution in [0, 0.1) is 0 Å². The van der Waals surface area contributed by atoms with Crippen molar-refractivity contribution in [1.82, 2.24) is 0 Å². The SMILES string of the molecule is CC[N+](CC)(CC)CCO.O=C([O-])c1ccccc1.[Cl-]. The summed E-state index contributed by atoms with van der Waals surface area (Å²) in [5, 5.41) is 18.9. The molecule has 0 saturated heterocycles. The molecule has 20 heavy (non-hydrogen) atoms. The number of likely N-dealkylation sites (N-methyl/N-ethyl adjacent to an activating group) is 1. The Balaban J connectivity index is 0. The normalized spacial score (nSPS) is 10.0. The number of halogens is 1. The van der Waals surface area contributed by atoms with E-state index < -0.39 is 5.97 Å². The van der Waals surface area contributed by atoms with Crippen LogP contribution in [0.15, 0.2) is 30.3 Å². The highest BCUT2D eigenvalue weighted by atomic mass is 35.5. The average molecular weight is 303 g/mol. The molecular formula is C15H25ClNO3-. The Morgan fingerprint density at radius 2 is 1.55 bits per heavy atom. The van der Waals surface area contributed by atoms with Crippen molar-refractivity contribution in [2.24, 2.45) is 0 Å². The summed E-state index contributed by atoms with van der Waals surface area (Å²) >= 11 is 0. The molecule has 1 rings (SSSR count). The van der Waals surface area contributed by atoms with Crippen LogP contribution in [0.1, 0.15) is 31.1 Å². The summed E-state index contributed by atoms with van der Waals surface area (Å²) in [4.78, 5) is 10.1. The first kappa shape index (κ1) is 21.2. The molecule has 4 nitrogen and oxygen atoms in total. The fourth-order valence-corrected chi connectivity index (χ4v) is 1.93. The Hall–Kier alpha value is -1.10. The van der Waals surface area contributed by atoms with Gasteiger partial charge in [0.05, 0.1) is 32.2 Å². The molecule has 0 saturated carbocycles. The van der Waals surface area contributed by atoms with Gasteiger partial charge in [-0.3, -0.25) is 0 Å². The molecule has 0 aromatic heterocycles. The lowest BCUT2D eigenvalue weighted by Gasteiger charge is -2.34. The topological polar surface area (TPSA) is 60.4 Å². The van der Waals surface area contributed by atoms with Crippen molar-refractivity contribution in [2.45, 2.75) is 20.8 Å². The standard InChI is InChI=1S/C8H20NO.C7H6O2.ClH/c1-4-9(5-2,6-3)7-8-10;8-7(9)6-4-2-1-3-5-6;/h10H,4-8H2,1-3H3;1-5H,(H,8,9);1H/q+1;;/p-2. The number of carboxylic acids is 1. The van der Waals surface area contributed by atoms with Crippen LogP contribution in [0.4, 0.5) is 0 Å². The number of carboxylic acid groups (broad SMARTS) is 1. The number of nitrogens with zero attached hydrogens (tertiary/aromatic N) is 1.